The van der Waals surface area contributed by atoms with E-state index in [9.17, 15) is 4.79 Å². The summed E-state index contributed by atoms with van der Waals surface area (Å²) in [6.45, 7) is 4.51. The first-order chi connectivity index (χ1) is 12.6. The molecule has 2 aliphatic rings. The maximum Gasteiger partial charge on any atom is 0.265 e. The molecule has 7 nitrogen and oxygen atoms in total. The second-order valence-electron chi connectivity index (χ2n) is 6.81. The van der Waals surface area contributed by atoms with Crippen LogP contribution in [-0.4, -0.2) is 82.1 Å². The molecular weight excluding hydrogens is 352 g/mol. The first-order valence-corrected chi connectivity index (χ1v) is 9.43. The third kappa shape index (κ3) is 4.44. The van der Waals surface area contributed by atoms with E-state index in [2.05, 4.69) is 19.4 Å². The molecule has 2 heterocycles. The molecule has 8 heteroatoms. The number of carbonyl (C=O) groups is 1. The lowest BCUT2D eigenvalue weighted by Gasteiger charge is -2.38. The standard InChI is InChI=1S/C18H26N4O3S/c1-20(2)8-7-19-18(26)22-13-16(17(23)21-9-11-24-12-10-21)25-15-6-4-3-5-14(15)22/h3-6,16H,7-13H2,1-2H3,(H,19,26)/p+1/t16-/m1/s1. The minimum absolute atomic E-state index is 0.00617. The summed E-state index contributed by atoms with van der Waals surface area (Å²) < 4.78 is 11.3. The summed E-state index contributed by atoms with van der Waals surface area (Å²) >= 11 is 5.60. The Kier molecular flexibility index (Phi) is 6.29. The molecule has 0 aromatic heterocycles. The zero-order valence-corrected chi connectivity index (χ0v) is 16.2. The molecular formula is C18H27N4O3S+. The van der Waals surface area contributed by atoms with Crippen LogP contribution in [0.25, 0.3) is 0 Å². The highest BCUT2D eigenvalue weighted by Gasteiger charge is 2.35. The van der Waals surface area contributed by atoms with Gasteiger partial charge in [-0.3, -0.25) is 4.79 Å². The summed E-state index contributed by atoms with van der Waals surface area (Å²) in [5.74, 6) is 0.682. The zero-order chi connectivity index (χ0) is 18.5. The topological polar surface area (TPSA) is 58.5 Å². The van der Waals surface area contributed by atoms with Crippen LogP contribution in [-0.2, 0) is 9.53 Å². The highest BCUT2D eigenvalue weighted by molar-refractivity contribution is 7.80. The van der Waals surface area contributed by atoms with E-state index in [1.165, 1.54) is 4.90 Å². The van der Waals surface area contributed by atoms with Crippen molar-refractivity contribution in [2.75, 3.05) is 64.9 Å². The largest absolute Gasteiger partial charge is 0.476 e. The van der Waals surface area contributed by atoms with E-state index in [1.54, 1.807) is 0 Å². The van der Waals surface area contributed by atoms with Crippen LogP contribution in [0, 0.1) is 0 Å². The van der Waals surface area contributed by atoms with Gasteiger partial charge in [0.15, 0.2) is 11.2 Å². The number of hydrogen-bond donors (Lipinski definition) is 2. The average molecular weight is 380 g/mol. The van der Waals surface area contributed by atoms with Crippen molar-refractivity contribution in [3.63, 3.8) is 0 Å². The fourth-order valence-electron chi connectivity index (χ4n) is 3.06. The highest BCUT2D eigenvalue weighted by atomic mass is 32.1. The van der Waals surface area contributed by atoms with Crippen molar-refractivity contribution in [3.05, 3.63) is 24.3 Å². The number of likely N-dealkylation sites (N-methyl/N-ethyl adjacent to an activating group) is 1. The molecule has 142 valence electrons. The van der Waals surface area contributed by atoms with Gasteiger partial charge in [-0.15, -0.1) is 0 Å². The Balaban J connectivity index is 1.73. The number of quaternary nitrogens is 1. The summed E-state index contributed by atoms with van der Waals surface area (Å²) in [5.41, 5.74) is 0.897. The van der Waals surface area contributed by atoms with Crippen LogP contribution in [0.1, 0.15) is 0 Å². The quantitative estimate of drug-likeness (QED) is 0.664. The molecule has 2 aliphatic heterocycles. The fraction of sp³-hybridized carbons (Fsp3) is 0.556. The molecule has 0 bridgehead atoms. The molecule has 2 N–H and O–H groups in total. The molecule has 1 fully saturated rings. The van der Waals surface area contributed by atoms with E-state index in [0.29, 0.717) is 43.7 Å². The van der Waals surface area contributed by atoms with E-state index in [1.807, 2.05) is 34.1 Å². The minimum Gasteiger partial charge on any atom is -0.476 e. The van der Waals surface area contributed by atoms with Gasteiger partial charge in [-0.2, -0.15) is 0 Å². The van der Waals surface area contributed by atoms with E-state index in [-0.39, 0.29) is 5.91 Å². The predicted octanol–water partition coefficient (Wildman–Crippen LogP) is -0.868. The number of nitrogens with one attached hydrogen (secondary N) is 2. The Hall–Kier alpha value is -1.90. The normalized spacial score (nSPS) is 19.7. The molecule has 0 unspecified atom stereocenters. The number of fused-ring (bicyclic) bond motifs is 1. The van der Waals surface area contributed by atoms with Gasteiger partial charge in [0.05, 0.1) is 52.6 Å². The van der Waals surface area contributed by atoms with Crippen LogP contribution in [0.5, 0.6) is 5.75 Å². The summed E-state index contributed by atoms with van der Waals surface area (Å²) in [6.07, 6.45) is -0.567. The number of thiocarbonyl (C=S) groups is 1. The van der Waals surface area contributed by atoms with E-state index in [0.717, 1.165) is 18.8 Å². The number of benzene rings is 1. The lowest BCUT2D eigenvalue weighted by molar-refractivity contribution is -0.856. The van der Waals surface area contributed by atoms with Gasteiger partial charge in [0.25, 0.3) is 5.91 Å². The van der Waals surface area contributed by atoms with Gasteiger partial charge in [-0.25, -0.2) is 0 Å². The molecule has 0 saturated carbocycles. The van der Waals surface area contributed by atoms with Crippen LogP contribution in [0.15, 0.2) is 24.3 Å². The second kappa shape index (κ2) is 8.66. The number of anilines is 1. The number of nitrogens with zero attached hydrogens (tertiary/aromatic N) is 2. The molecule has 0 spiro atoms. The van der Waals surface area contributed by atoms with Crippen LogP contribution >= 0.6 is 12.2 Å². The number of ether oxygens (including phenoxy) is 2. The van der Waals surface area contributed by atoms with Gasteiger partial charge >= 0.3 is 0 Å². The number of para-hydroxylation sites is 2. The highest BCUT2D eigenvalue weighted by Crippen LogP contribution is 2.33. The Morgan fingerprint density at radius 2 is 2.04 bits per heavy atom. The Bertz CT molecular complexity index is 649. The molecule has 0 radical (unpaired) electrons. The van der Waals surface area contributed by atoms with Gasteiger partial charge in [0.2, 0.25) is 0 Å². The Morgan fingerprint density at radius 3 is 2.77 bits per heavy atom. The number of hydrogen-bond acceptors (Lipinski definition) is 4. The van der Waals surface area contributed by atoms with Crippen molar-refractivity contribution in [1.82, 2.24) is 10.2 Å². The maximum absolute atomic E-state index is 12.9. The van der Waals surface area contributed by atoms with Crippen molar-refractivity contribution >= 4 is 28.9 Å². The molecule has 1 aromatic carbocycles. The third-order valence-corrected chi connectivity index (χ3v) is 4.88. The first-order valence-electron chi connectivity index (χ1n) is 9.03. The van der Waals surface area contributed by atoms with Crippen molar-refractivity contribution in [2.45, 2.75) is 6.10 Å². The smallest absolute Gasteiger partial charge is 0.265 e. The Morgan fingerprint density at radius 1 is 1.31 bits per heavy atom. The summed E-state index contributed by atoms with van der Waals surface area (Å²) in [4.78, 5) is 18.0. The number of carbonyl (C=O) groups excluding carboxylic acids is 1. The van der Waals surface area contributed by atoms with E-state index < -0.39 is 6.10 Å². The monoisotopic (exact) mass is 379 g/mol. The molecule has 1 amide bonds. The van der Waals surface area contributed by atoms with Gasteiger partial charge in [-0.05, 0) is 24.4 Å². The summed E-state index contributed by atoms with van der Waals surface area (Å²) in [5, 5.41) is 3.93. The third-order valence-electron chi connectivity index (χ3n) is 4.52. The van der Waals surface area contributed by atoms with Crippen molar-refractivity contribution in [2.24, 2.45) is 0 Å². The van der Waals surface area contributed by atoms with Crippen LogP contribution < -0.4 is 19.9 Å². The van der Waals surface area contributed by atoms with Crippen LogP contribution in [0.3, 0.4) is 0 Å². The molecule has 26 heavy (non-hydrogen) atoms. The minimum atomic E-state index is -0.567. The molecule has 1 atom stereocenters. The van der Waals surface area contributed by atoms with Crippen molar-refractivity contribution in [3.8, 4) is 5.75 Å². The van der Waals surface area contributed by atoms with Crippen LogP contribution in [0.2, 0.25) is 0 Å². The predicted molar refractivity (Wildman–Crippen MR) is 104 cm³/mol. The van der Waals surface area contributed by atoms with Gasteiger partial charge in [-0.1, -0.05) is 12.1 Å². The second-order valence-corrected chi connectivity index (χ2v) is 7.20. The van der Waals surface area contributed by atoms with Crippen molar-refractivity contribution < 1.29 is 19.2 Å². The molecule has 0 aliphatic carbocycles. The Labute approximate surface area is 159 Å². The zero-order valence-electron chi connectivity index (χ0n) is 15.4. The lowest BCUT2D eigenvalue weighted by atomic mass is 10.1. The molecule has 1 aromatic rings. The summed E-state index contributed by atoms with van der Waals surface area (Å²) in [6, 6.07) is 7.71. The van der Waals surface area contributed by atoms with Gasteiger partial charge < -0.3 is 29.5 Å². The number of amides is 1. The first kappa shape index (κ1) is 18.9. The molecule has 1 saturated heterocycles. The van der Waals surface area contributed by atoms with E-state index in [4.69, 9.17) is 21.7 Å². The van der Waals surface area contributed by atoms with E-state index >= 15 is 0 Å². The SMILES string of the molecule is C[NH+](C)CCNC(=S)N1C[C@H](C(=O)N2CCOCC2)Oc2ccccc21. The van der Waals surface area contributed by atoms with Crippen molar-refractivity contribution in [1.29, 1.82) is 0 Å². The molecule has 3 rings (SSSR count). The lowest BCUT2D eigenvalue weighted by Crippen LogP contribution is -3.06. The number of morpholine rings is 1. The van der Waals surface area contributed by atoms with Crippen LogP contribution in [0.4, 0.5) is 5.69 Å². The van der Waals surface area contributed by atoms with Gasteiger partial charge in [0.1, 0.15) is 5.75 Å². The number of rotatable bonds is 4. The fourth-order valence-corrected chi connectivity index (χ4v) is 3.33. The average Bonchev–Trinajstić information content (AvgIpc) is 2.66. The summed E-state index contributed by atoms with van der Waals surface area (Å²) in [7, 11) is 4.21. The van der Waals surface area contributed by atoms with Gasteiger partial charge in [0, 0.05) is 13.1 Å². The maximum atomic E-state index is 12.9.